The maximum absolute atomic E-state index is 4.57. The molecule has 1 aromatic carbocycles. The van der Waals surface area contributed by atoms with Gasteiger partial charge in [-0.1, -0.05) is 18.2 Å². The number of benzene rings is 1. The largest absolute Gasteiger partial charge is 0.308 e. The lowest BCUT2D eigenvalue weighted by Crippen LogP contribution is -2.22. The molecule has 2 aromatic rings. The summed E-state index contributed by atoms with van der Waals surface area (Å²) < 4.78 is 0. The molecule has 0 radical (unpaired) electrons. The molecular weight excluding hydrogens is 260 g/mol. The van der Waals surface area contributed by atoms with Crippen LogP contribution in [0.25, 0.3) is 5.69 Å². The molecule has 3 saturated carbocycles. The van der Waals surface area contributed by atoms with Gasteiger partial charge in [-0.3, -0.25) is 0 Å². The number of hydrogen-bond donors (Lipinski definition) is 1. The summed E-state index contributed by atoms with van der Waals surface area (Å²) in [4.78, 5) is 1.72. The van der Waals surface area contributed by atoms with Gasteiger partial charge < -0.3 is 5.32 Å². The fourth-order valence-electron chi connectivity index (χ4n) is 4.88. The van der Waals surface area contributed by atoms with Gasteiger partial charge in [0, 0.05) is 12.6 Å². The van der Waals surface area contributed by atoms with Crippen molar-refractivity contribution in [1.29, 1.82) is 0 Å². The summed E-state index contributed by atoms with van der Waals surface area (Å²) in [5, 5.41) is 12.7. The van der Waals surface area contributed by atoms with E-state index in [9.17, 15) is 0 Å². The average Bonchev–Trinajstić information content (AvgIpc) is 2.95. The van der Waals surface area contributed by atoms with E-state index in [1.165, 1.54) is 19.3 Å². The molecule has 3 aliphatic rings. The van der Waals surface area contributed by atoms with Gasteiger partial charge in [-0.25, -0.2) is 0 Å². The van der Waals surface area contributed by atoms with Crippen LogP contribution in [0.5, 0.6) is 0 Å². The minimum absolute atomic E-state index is 0.762. The fourth-order valence-corrected chi connectivity index (χ4v) is 4.88. The van der Waals surface area contributed by atoms with Gasteiger partial charge in [-0.2, -0.15) is 15.0 Å². The first kappa shape index (κ1) is 11.9. The smallest absolute Gasteiger partial charge is 0.0969 e. The summed E-state index contributed by atoms with van der Waals surface area (Å²) in [7, 11) is 0. The normalized spacial score (nSPS) is 35.9. The summed E-state index contributed by atoms with van der Waals surface area (Å²) in [6.45, 7) is 0.851. The highest BCUT2D eigenvalue weighted by Gasteiger charge is 2.64. The molecule has 3 aliphatic carbocycles. The van der Waals surface area contributed by atoms with Crippen LogP contribution in [0.15, 0.2) is 36.5 Å². The van der Waals surface area contributed by atoms with Crippen LogP contribution in [-0.4, -0.2) is 21.0 Å². The molecule has 108 valence electrons. The van der Waals surface area contributed by atoms with Gasteiger partial charge in [0.25, 0.3) is 0 Å². The lowest BCUT2D eigenvalue weighted by molar-refractivity contribution is 0.456. The van der Waals surface area contributed by atoms with Gasteiger partial charge in [0.1, 0.15) is 0 Å². The monoisotopic (exact) mass is 280 g/mol. The van der Waals surface area contributed by atoms with E-state index in [2.05, 4.69) is 15.5 Å². The van der Waals surface area contributed by atoms with Gasteiger partial charge in [-0.05, 0) is 55.1 Å². The zero-order chi connectivity index (χ0) is 13.8. The van der Waals surface area contributed by atoms with Crippen molar-refractivity contribution in [2.75, 3.05) is 0 Å². The second-order valence-electron chi connectivity index (χ2n) is 6.86. The zero-order valence-corrected chi connectivity index (χ0v) is 12.0. The predicted molar refractivity (Wildman–Crippen MR) is 79.8 cm³/mol. The molecule has 4 unspecified atom stereocenters. The topological polar surface area (TPSA) is 42.7 Å². The summed E-state index contributed by atoms with van der Waals surface area (Å²) in [5.74, 6) is 4.01. The molecule has 0 amide bonds. The zero-order valence-electron chi connectivity index (χ0n) is 12.0. The number of rotatable bonds is 4. The third kappa shape index (κ3) is 1.85. The number of nitrogens with zero attached hydrogens (tertiary/aromatic N) is 3. The van der Waals surface area contributed by atoms with E-state index < -0.39 is 0 Å². The third-order valence-electron chi connectivity index (χ3n) is 5.78. The molecule has 1 N–H and O–H groups in total. The Balaban J connectivity index is 1.24. The predicted octanol–water partition coefficient (Wildman–Crippen LogP) is 2.40. The van der Waals surface area contributed by atoms with Gasteiger partial charge >= 0.3 is 0 Å². The van der Waals surface area contributed by atoms with Crippen LogP contribution in [0.4, 0.5) is 0 Å². The van der Waals surface area contributed by atoms with Crippen LogP contribution in [0, 0.1) is 23.7 Å². The fraction of sp³-hybridized carbons (Fsp3) is 0.529. The summed E-state index contributed by atoms with van der Waals surface area (Å²) in [6.07, 6.45) is 6.35. The van der Waals surface area contributed by atoms with Crippen LogP contribution >= 0.6 is 0 Å². The van der Waals surface area contributed by atoms with Gasteiger partial charge in [-0.15, -0.1) is 0 Å². The second kappa shape index (κ2) is 4.41. The van der Waals surface area contributed by atoms with Crippen molar-refractivity contribution in [3.05, 3.63) is 42.2 Å². The summed E-state index contributed by atoms with van der Waals surface area (Å²) in [6, 6.07) is 10.9. The SMILES string of the molecule is c1ccc(-n2ncc(CNC3C4C5CCC(C5)C34)n2)cc1. The number of aromatic nitrogens is 3. The lowest BCUT2D eigenvalue weighted by atomic mass is 10.0. The average molecular weight is 280 g/mol. The summed E-state index contributed by atoms with van der Waals surface area (Å²) in [5.41, 5.74) is 2.06. The molecule has 1 aromatic heterocycles. The Morgan fingerprint density at radius 2 is 1.86 bits per heavy atom. The Morgan fingerprint density at radius 3 is 2.62 bits per heavy atom. The molecular formula is C17H20N4. The van der Waals surface area contributed by atoms with Crippen molar-refractivity contribution in [2.24, 2.45) is 23.7 Å². The second-order valence-corrected chi connectivity index (χ2v) is 6.86. The van der Waals surface area contributed by atoms with Crippen molar-refractivity contribution in [3.63, 3.8) is 0 Å². The van der Waals surface area contributed by atoms with Crippen LogP contribution in [0.3, 0.4) is 0 Å². The van der Waals surface area contributed by atoms with Crippen molar-refractivity contribution in [2.45, 2.75) is 31.8 Å². The first-order chi connectivity index (χ1) is 10.4. The van der Waals surface area contributed by atoms with Crippen LogP contribution < -0.4 is 5.32 Å². The van der Waals surface area contributed by atoms with Crippen LogP contribution in [0.1, 0.15) is 25.0 Å². The standard InChI is InChI=1S/C17H20N4/c1-2-4-14(5-3-1)21-19-10-13(20-21)9-18-17-15-11-6-7-12(8-11)16(15)17/h1-5,10-12,15-18H,6-9H2. The van der Waals surface area contributed by atoms with Gasteiger partial charge in [0.05, 0.1) is 17.6 Å². The van der Waals surface area contributed by atoms with E-state index >= 15 is 0 Å². The third-order valence-corrected chi connectivity index (χ3v) is 5.78. The van der Waals surface area contributed by atoms with E-state index in [0.29, 0.717) is 0 Å². The molecule has 0 spiro atoms. The van der Waals surface area contributed by atoms with Crippen molar-refractivity contribution in [1.82, 2.24) is 20.3 Å². The quantitative estimate of drug-likeness (QED) is 0.935. The van der Waals surface area contributed by atoms with Gasteiger partial charge in [0.2, 0.25) is 0 Å². The Morgan fingerprint density at radius 1 is 1.10 bits per heavy atom. The first-order valence-electron chi connectivity index (χ1n) is 8.10. The highest BCUT2D eigenvalue weighted by atomic mass is 15.5. The Kier molecular flexibility index (Phi) is 2.50. The van der Waals surface area contributed by atoms with Crippen molar-refractivity contribution >= 4 is 0 Å². The Labute approximate surface area is 124 Å². The number of hydrogen-bond acceptors (Lipinski definition) is 3. The summed E-state index contributed by atoms with van der Waals surface area (Å²) >= 11 is 0. The van der Waals surface area contributed by atoms with E-state index in [-0.39, 0.29) is 0 Å². The van der Waals surface area contributed by atoms with Crippen LogP contribution in [-0.2, 0) is 6.54 Å². The molecule has 2 bridgehead atoms. The lowest BCUT2D eigenvalue weighted by Gasteiger charge is -2.09. The van der Waals surface area contributed by atoms with E-state index in [1.54, 1.807) is 4.80 Å². The molecule has 4 heteroatoms. The minimum Gasteiger partial charge on any atom is -0.308 e. The van der Waals surface area contributed by atoms with E-state index in [1.807, 2.05) is 36.5 Å². The minimum atomic E-state index is 0.762. The van der Waals surface area contributed by atoms with Crippen molar-refractivity contribution in [3.8, 4) is 5.69 Å². The molecule has 0 aliphatic heterocycles. The maximum atomic E-state index is 4.57. The number of fused-ring (bicyclic) bond motifs is 5. The van der Waals surface area contributed by atoms with Crippen molar-refractivity contribution < 1.29 is 0 Å². The maximum Gasteiger partial charge on any atom is 0.0969 e. The molecule has 4 atom stereocenters. The molecule has 3 fully saturated rings. The Bertz CT molecular complexity index is 634. The molecule has 5 rings (SSSR count). The highest BCUT2D eigenvalue weighted by molar-refractivity contribution is 5.28. The number of para-hydroxylation sites is 1. The molecule has 1 heterocycles. The first-order valence-corrected chi connectivity index (χ1v) is 8.10. The highest BCUT2D eigenvalue weighted by Crippen LogP contribution is 2.65. The van der Waals surface area contributed by atoms with E-state index in [4.69, 9.17) is 0 Å². The molecule has 21 heavy (non-hydrogen) atoms. The molecule has 0 saturated heterocycles. The molecule has 4 nitrogen and oxygen atoms in total. The van der Waals surface area contributed by atoms with E-state index in [0.717, 1.165) is 47.6 Å². The Hall–Kier alpha value is -1.68. The van der Waals surface area contributed by atoms with Crippen LogP contribution in [0.2, 0.25) is 0 Å². The number of nitrogens with one attached hydrogen (secondary N) is 1. The van der Waals surface area contributed by atoms with Gasteiger partial charge in [0.15, 0.2) is 0 Å².